The highest BCUT2D eigenvalue weighted by Gasteiger charge is 1.99. The van der Waals surface area contributed by atoms with E-state index in [2.05, 4.69) is 5.32 Å². The molecule has 0 saturated carbocycles. The number of halogens is 1. The zero-order valence-electron chi connectivity index (χ0n) is 8.64. The van der Waals surface area contributed by atoms with Gasteiger partial charge in [0.1, 0.15) is 5.75 Å². The number of rotatable bonds is 5. The standard InChI is InChI=1S/C11H16ClNO/c1-9-8-10(12)4-5-11(9)14-7-3-6-13-2/h4-5,8,13H,3,6-7H2,1-2H3. The minimum Gasteiger partial charge on any atom is -0.493 e. The van der Waals surface area contributed by atoms with Crippen LogP contribution in [0, 0.1) is 6.92 Å². The fraction of sp³-hybridized carbons (Fsp3) is 0.455. The summed E-state index contributed by atoms with van der Waals surface area (Å²) in [4.78, 5) is 0. The molecule has 0 amide bonds. The molecule has 0 aliphatic carbocycles. The zero-order chi connectivity index (χ0) is 10.4. The minimum atomic E-state index is 0.739. The van der Waals surface area contributed by atoms with Crippen molar-refractivity contribution < 1.29 is 4.74 Å². The first kappa shape index (κ1) is 11.3. The van der Waals surface area contributed by atoms with Crippen LogP contribution in [0.4, 0.5) is 0 Å². The summed E-state index contributed by atoms with van der Waals surface area (Å²) in [6, 6.07) is 5.67. The number of hydrogen-bond donors (Lipinski definition) is 1. The quantitative estimate of drug-likeness (QED) is 0.760. The van der Waals surface area contributed by atoms with Crippen molar-refractivity contribution in [2.24, 2.45) is 0 Å². The van der Waals surface area contributed by atoms with Crippen LogP contribution in [0.15, 0.2) is 18.2 Å². The summed E-state index contributed by atoms with van der Waals surface area (Å²) in [7, 11) is 1.94. The summed E-state index contributed by atoms with van der Waals surface area (Å²) in [6.07, 6.45) is 1.01. The van der Waals surface area contributed by atoms with Crippen LogP contribution in [0.1, 0.15) is 12.0 Å². The van der Waals surface area contributed by atoms with E-state index < -0.39 is 0 Å². The maximum atomic E-state index is 5.84. The van der Waals surface area contributed by atoms with Crippen LogP contribution in [0.3, 0.4) is 0 Å². The van der Waals surface area contributed by atoms with Gasteiger partial charge in [0.2, 0.25) is 0 Å². The smallest absolute Gasteiger partial charge is 0.122 e. The molecule has 0 unspecified atom stereocenters. The first-order chi connectivity index (χ1) is 6.74. The van der Waals surface area contributed by atoms with E-state index in [4.69, 9.17) is 16.3 Å². The Morgan fingerprint density at radius 2 is 2.21 bits per heavy atom. The van der Waals surface area contributed by atoms with Gasteiger partial charge in [-0.3, -0.25) is 0 Å². The summed E-state index contributed by atoms with van der Waals surface area (Å²) in [5.41, 5.74) is 1.09. The molecule has 0 bridgehead atoms. The number of benzene rings is 1. The van der Waals surface area contributed by atoms with Gasteiger partial charge in [-0.1, -0.05) is 11.6 Å². The molecule has 1 aromatic rings. The molecule has 0 aliphatic rings. The normalized spacial score (nSPS) is 10.2. The maximum absolute atomic E-state index is 5.84. The Balaban J connectivity index is 2.42. The third-order valence-corrected chi connectivity index (χ3v) is 2.20. The van der Waals surface area contributed by atoms with E-state index in [1.54, 1.807) is 0 Å². The number of hydrogen-bond acceptors (Lipinski definition) is 2. The fourth-order valence-corrected chi connectivity index (χ4v) is 1.43. The topological polar surface area (TPSA) is 21.3 Å². The molecule has 2 nitrogen and oxygen atoms in total. The highest BCUT2D eigenvalue weighted by Crippen LogP contribution is 2.21. The molecule has 1 rings (SSSR count). The molecule has 3 heteroatoms. The van der Waals surface area contributed by atoms with Crippen LogP contribution < -0.4 is 10.1 Å². The van der Waals surface area contributed by atoms with Gasteiger partial charge in [-0.05, 0) is 50.7 Å². The van der Waals surface area contributed by atoms with E-state index in [9.17, 15) is 0 Å². The van der Waals surface area contributed by atoms with E-state index in [1.807, 2.05) is 32.2 Å². The summed E-state index contributed by atoms with van der Waals surface area (Å²) in [6.45, 7) is 3.72. The number of aryl methyl sites for hydroxylation is 1. The molecule has 0 saturated heterocycles. The predicted molar refractivity (Wildman–Crippen MR) is 60.2 cm³/mol. The van der Waals surface area contributed by atoms with Crippen molar-refractivity contribution in [2.45, 2.75) is 13.3 Å². The Hall–Kier alpha value is -0.730. The van der Waals surface area contributed by atoms with Gasteiger partial charge >= 0.3 is 0 Å². The fourth-order valence-electron chi connectivity index (χ4n) is 1.21. The van der Waals surface area contributed by atoms with Gasteiger partial charge in [-0.15, -0.1) is 0 Å². The maximum Gasteiger partial charge on any atom is 0.122 e. The van der Waals surface area contributed by atoms with Gasteiger partial charge in [0.25, 0.3) is 0 Å². The Morgan fingerprint density at radius 3 is 2.86 bits per heavy atom. The number of ether oxygens (including phenoxy) is 1. The summed E-state index contributed by atoms with van der Waals surface area (Å²) >= 11 is 5.84. The lowest BCUT2D eigenvalue weighted by Crippen LogP contribution is -2.11. The summed E-state index contributed by atoms with van der Waals surface area (Å²) in [5.74, 6) is 0.922. The second-order valence-corrected chi connectivity index (χ2v) is 3.65. The van der Waals surface area contributed by atoms with Crippen molar-refractivity contribution in [1.82, 2.24) is 5.32 Å². The second-order valence-electron chi connectivity index (χ2n) is 3.22. The Labute approximate surface area is 90.2 Å². The molecule has 0 atom stereocenters. The van der Waals surface area contributed by atoms with Crippen LogP contribution in [0.5, 0.6) is 5.75 Å². The lowest BCUT2D eigenvalue weighted by atomic mass is 10.2. The molecule has 0 aromatic heterocycles. The molecule has 0 spiro atoms. The van der Waals surface area contributed by atoms with Crippen molar-refractivity contribution in [3.05, 3.63) is 28.8 Å². The van der Waals surface area contributed by atoms with Gasteiger partial charge in [0.15, 0.2) is 0 Å². The molecular weight excluding hydrogens is 198 g/mol. The largest absolute Gasteiger partial charge is 0.493 e. The van der Waals surface area contributed by atoms with Crippen LogP contribution in [-0.4, -0.2) is 20.2 Å². The Bertz CT molecular complexity index is 289. The molecular formula is C11H16ClNO. The highest BCUT2D eigenvalue weighted by molar-refractivity contribution is 6.30. The molecule has 78 valence electrons. The Morgan fingerprint density at radius 1 is 1.43 bits per heavy atom. The predicted octanol–water partition coefficient (Wildman–Crippen LogP) is 2.64. The van der Waals surface area contributed by atoms with Crippen molar-refractivity contribution in [3.63, 3.8) is 0 Å². The van der Waals surface area contributed by atoms with Crippen LogP contribution in [-0.2, 0) is 0 Å². The van der Waals surface area contributed by atoms with Crippen molar-refractivity contribution in [3.8, 4) is 5.75 Å². The first-order valence-corrected chi connectivity index (χ1v) is 5.15. The van der Waals surface area contributed by atoms with Crippen LogP contribution >= 0.6 is 11.6 Å². The SMILES string of the molecule is CNCCCOc1ccc(Cl)cc1C. The van der Waals surface area contributed by atoms with Gasteiger partial charge in [-0.2, -0.15) is 0 Å². The minimum absolute atomic E-state index is 0.739. The third-order valence-electron chi connectivity index (χ3n) is 1.97. The monoisotopic (exact) mass is 213 g/mol. The van der Waals surface area contributed by atoms with E-state index in [0.717, 1.165) is 35.9 Å². The lowest BCUT2D eigenvalue weighted by Gasteiger charge is -2.08. The Kier molecular flexibility index (Phi) is 4.77. The van der Waals surface area contributed by atoms with E-state index >= 15 is 0 Å². The van der Waals surface area contributed by atoms with E-state index in [-0.39, 0.29) is 0 Å². The van der Waals surface area contributed by atoms with Crippen molar-refractivity contribution in [2.75, 3.05) is 20.2 Å². The van der Waals surface area contributed by atoms with Gasteiger partial charge in [-0.25, -0.2) is 0 Å². The average Bonchev–Trinajstić information content (AvgIpc) is 2.15. The molecule has 0 aliphatic heterocycles. The highest BCUT2D eigenvalue weighted by atomic mass is 35.5. The molecule has 0 radical (unpaired) electrons. The zero-order valence-corrected chi connectivity index (χ0v) is 9.40. The molecule has 14 heavy (non-hydrogen) atoms. The van der Waals surface area contributed by atoms with E-state index in [0.29, 0.717) is 0 Å². The first-order valence-electron chi connectivity index (χ1n) is 4.77. The van der Waals surface area contributed by atoms with Gasteiger partial charge in [0.05, 0.1) is 6.61 Å². The van der Waals surface area contributed by atoms with Gasteiger partial charge < -0.3 is 10.1 Å². The van der Waals surface area contributed by atoms with Crippen molar-refractivity contribution in [1.29, 1.82) is 0 Å². The third kappa shape index (κ3) is 3.56. The summed E-state index contributed by atoms with van der Waals surface area (Å²) < 4.78 is 5.60. The number of nitrogens with one attached hydrogen (secondary N) is 1. The van der Waals surface area contributed by atoms with Crippen molar-refractivity contribution >= 4 is 11.6 Å². The van der Waals surface area contributed by atoms with E-state index in [1.165, 1.54) is 0 Å². The van der Waals surface area contributed by atoms with Crippen LogP contribution in [0.2, 0.25) is 5.02 Å². The molecule has 0 heterocycles. The second kappa shape index (κ2) is 5.89. The van der Waals surface area contributed by atoms with Gasteiger partial charge in [0, 0.05) is 5.02 Å². The lowest BCUT2D eigenvalue weighted by molar-refractivity contribution is 0.308. The average molecular weight is 214 g/mol. The van der Waals surface area contributed by atoms with Crippen LogP contribution in [0.25, 0.3) is 0 Å². The molecule has 0 fully saturated rings. The molecule has 1 N–H and O–H groups in total. The molecule has 1 aromatic carbocycles. The summed E-state index contributed by atoms with van der Waals surface area (Å²) in [5, 5.41) is 3.83.